The fourth-order valence-electron chi connectivity index (χ4n) is 1.26. The number of hydrogen-bond acceptors (Lipinski definition) is 2. The molecule has 0 bridgehead atoms. The summed E-state index contributed by atoms with van der Waals surface area (Å²) in [5.74, 6) is 0.230. The standard InChI is InChI=1S/C9H9NO2/c11-5-7-3-6-1-2-8(12)4-9(6)10-7/h1-4,10-12H,5H2. The Morgan fingerprint density at radius 3 is 2.83 bits per heavy atom. The maximum atomic E-state index is 9.13. The van der Waals surface area contributed by atoms with Gasteiger partial charge in [0.15, 0.2) is 0 Å². The molecule has 1 aromatic carbocycles. The number of fused-ring (bicyclic) bond motifs is 1. The minimum Gasteiger partial charge on any atom is -0.508 e. The fourth-order valence-corrected chi connectivity index (χ4v) is 1.26. The first-order valence-corrected chi connectivity index (χ1v) is 3.71. The molecule has 0 aliphatic carbocycles. The van der Waals surface area contributed by atoms with Gasteiger partial charge < -0.3 is 15.2 Å². The number of aromatic hydroxyl groups is 1. The predicted octanol–water partition coefficient (Wildman–Crippen LogP) is 1.37. The summed E-state index contributed by atoms with van der Waals surface area (Å²) in [5.41, 5.74) is 1.61. The van der Waals surface area contributed by atoms with Crippen LogP contribution in [0.4, 0.5) is 0 Å². The third kappa shape index (κ3) is 1.04. The molecule has 3 heteroatoms. The first-order chi connectivity index (χ1) is 5.79. The molecule has 3 nitrogen and oxygen atoms in total. The van der Waals surface area contributed by atoms with Gasteiger partial charge in [0.1, 0.15) is 5.75 Å². The Bertz CT molecular complexity index is 406. The molecule has 0 aliphatic rings. The first kappa shape index (κ1) is 7.18. The maximum Gasteiger partial charge on any atom is 0.117 e. The number of aromatic amines is 1. The molecule has 3 N–H and O–H groups in total. The molecule has 0 atom stereocenters. The van der Waals surface area contributed by atoms with Gasteiger partial charge in [-0.25, -0.2) is 0 Å². The van der Waals surface area contributed by atoms with Gasteiger partial charge in [0, 0.05) is 22.7 Å². The number of rotatable bonds is 1. The predicted molar refractivity (Wildman–Crippen MR) is 45.9 cm³/mol. The van der Waals surface area contributed by atoms with Crippen LogP contribution < -0.4 is 0 Å². The van der Waals surface area contributed by atoms with Crippen molar-refractivity contribution in [3.8, 4) is 5.75 Å². The van der Waals surface area contributed by atoms with Crippen LogP contribution in [0, 0.1) is 0 Å². The molecule has 2 rings (SSSR count). The highest BCUT2D eigenvalue weighted by Gasteiger charge is 1.99. The summed E-state index contributed by atoms with van der Waals surface area (Å²) in [5, 5.41) is 18.9. The van der Waals surface area contributed by atoms with E-state index in [1.807, 2.05) is 6.07 Å². The Morgan fingerprint density at radius 2 is 2.08 bits per heavy atom. The van der Waals surface area contributed by atoms with Crippen LogP contribution >= 0.6 is 0 Å². The van der Waals surface area contributed by atoms with E-state index in [0.717, 1.165) is 16.6 Å². The minimum atomic E-state index is -0.00452. The van der Waals surface area contributed by atoms with Crippen molar-refractivity contribution in [3.63, 3.8) is 0 Å². The summed E-state index contributed by atoms with van der Waals surface area (Å²) in [6.45, 7) is -0.00452. The monoisotopic (exact) mass is 163 g/mol. The smallest absolute Gasteiger partial charge is 0.117 e. The van der Waals surface area contributed by atoms with E-state index in [9.17, 15) is 0 Å². The number of hydrogen-bond donors (Lipinski definition) is 3. The largest absolute Gasteiger partial charge is 0.508 e. The van der Waals surface area contributed by atoms with Crippen molar-refractivity contribution in [2.75, 3.05) is 0 Å². The molecule has 0 spiro atoms. The maximum absolute atomic E-state index is 9.13. The van der Waals surface area contributed by atoms with E-state index in [4.69, 9.17) is 10.2 Å². The van der Waals surface area contributed by atoms with Crippen molar-refractivity contribution < 1.29 is 10.2 Å². The highest BCUT2D eigenvalue weighted by atomic mass is 16.3. The van der Waals surface area contributed by atoms with Crippen LogP contribution in [-0.2, 0) is 6.61 Å². The summed E-state index contributed by atoms with van der Waals surface area (Å²) < 4.78 is 0. The van der Waals surface area contributed by atoms with Crippen molar-refractivity contribution in [2.45, 2.75) is 6.61 Å². The van der Waals surface area contributed by atoms with Gasteiger partial charge >= 0.3 is 0 Å². The summed E-state index contributed by atoms with van der Waals surface area (Å²) in [6, 6.07) is 6.92. The molecule has 0 fully saturated rings. The molecule has 1 aromatic heterocycles. The number of aromatic nitrogens is 1. The number of nitrogens with one attached hydrogen (secondary N) is 1. The SMILES string of the molecule is OCc1cc2ccc(O)cc2[nH]1. The minimum absolute atomic E-state index is 0.00452. The lowest BCUT2D eigenvalue weighted by atomic mass is 10.2. The van der Waals surface area contributed by atoms with Crippen molar-refractivity contribution in [1.29, 1.82) is 0 Å². The molecule has 0 saturated heterocycles. The van der Waals surface area contributed by atoms with Crippen LogP contribution in [-0.4, -0.2) is 15.2 Å². The molecule has 0 radical (unpaired) electrons. The van der Waals surface area contributed by atoms with Crippen LogP contribution in [0.1, 0.15) is 5.69 Å². The van der Waals surface area contributed by atoms with Crippen LogP contribution in [0.15, 0.2) is 24.3 Å². The third-order valence-corrected chi connectivity index (χ3v) is 1.83. The first-order valence-electron chi connectivity index (χ1n) is 3.71. The topological polar surface area (TPSA) is 56.2 Å². The summed E-state index contributed by atoms with van der Waals surface area (Å²) >= 11 is 0. The highest BCUT2D eigenvalue weighted by molar-refractivity contribution is 5.81. The summed E-state index contributed by atoms with van der Waals surface area (Å²) in [6.07, 6.45) is 0. The van der Waals surface area contributed by atoms with E-state index >= 15 is 0 Å². The van der Waals surface area contributed by atoms with E-state index < -0.39 is 0 Å². The van der Waals surface area contributed by atoms with E-state index in [2.05, 4.69) is 4.98 Å². The highest BCUT2D eigenvalue weighted by Crippen LogP contribution is 2.20. The van der Waals surface area contributed by atoms with Gasteiger partial charge in [-0.3, -0.25) is 0 Å². The number of H-pyrrole nitrogens is 1. The van der Waals surface area contributed by atoms with Crippen molar-refractivity contribution in [3.05, 3.63) is 30.0 Å². The van der Waals surface area contributed by atoms with E-state index in [1.165, 1.54) is 0 Å². The van der Waals surface area contributed by atoms with Crippen molar-refractivity contribution in [1.82, 2.24) is 4.98 Å². The average molecular weight is 163 g/mol. The van der Waals surface area contributed by atoms with E-state index in [0.29, 0.717) is 0 Å². The molecule has 1 heterocycles. The Labute approximate surface area is 69.3 Å². The number of phenols is 1. The quantitative estimate of drug-likeness (QED) is 0.594. The second-order valence-corrected chi connectivity index (χ2v) is 2.72. The molecular weight excluding hydrogens is 154 g/mol. The van der Waals surface area contributed by atoms with Gasteiger partial charge in [-0.15, -0.1) is 0 Å². The van der Waals surface area contributed by atoms with Crippen LogP contribution in [0.25, 0.3) is 10.9 Å². The lowest BCUT2D eigenvalue weighted by Crippen LogP contribution is -1.78. The van der Waals surface area contributed by atoms with Gasteiger partial charge in [-0.05, 0) is 18.2 Å². The zero-order valence-corrected chi connectivity index (χ0v) is 6.41. The van der Waals surface area contributed by atoms with Gasteiger partial charge in [0.25, 0.3) is 0 Å². The molecule has 0 amide bonds. The zero-order valence-electron chi connectivity index (χ0n) is 6.41. The van der Waals surface area contributed by atoms with Crippen molar-refractivity contribution in [2.24, 2.45) is 0 Å². The third-order valence-electron chi connectivity index (χ3n) is 1.83. The molecule has 12 heavy (non-hydrogen) atoms. The van der Waals surface area contributed by atoms with Gasteiger partial charge in [0.2, 0.25) is 0 Å². The Hall–Kier alpha value is -1.48. The van der Waals surface area contributed by atoms with Crippen LogP contribution in [0.2, 0.25) is 0 Å². The van der Waals surface area contributed by atoms with E-state index in [-0.39, 0.29) is 12.4 Å². The molecule has 2 aromatic rings. The molecule has 0 unspecified atom stereocenters. The normalized spacial score (nSPS) is 10.8. The Balaban J connectivity index is 2.67. The average Bonchev–Trinajstić information content (AvgIpc) is 2.46. The van der Waals surface area contributed by atoms with E-state index in [1.54, 1.807) is 18.2 Å². The Morgan fingerprint density at radius 1 is 1.25 bits per heavy atom. The summed E-state index contributed by atoms with van der Waals surface area (Å²) in [4.78, 5) is 2.98. The summed E-state index contributed by atoms with van der Waals surface area (Å²) in [7, 11) is 0. The number of benzene rings is 1. The van der Waals surface area contributed by atoms with Crippen LogP contribution in [0.5, 0.6) is 5.75 Å². The zero-order chi connectivity index (χ0) is 8.55. The lowest BCUT2D eigenvalue weighted by molar-refractivity contribution is 0.278. The number of phenolic OH excluding ortho intramolecular Hbond substituents is 1. The van der Waals surface area contributed by atoms with Gasteiger partial charge in [-0.1, -0.05) is 0 Å². The number of aliphatic hydroxyl groups is 1. The molecular formula is C9H9NO2. The number of aliphatic hydroxyl groups excluding tert-OH is 1. The Kier molecular flexibility index (Phi) is 1.52. The molecule has 0 aliphatic heterocycles. The second-order valence-electron chi connectivity index (χ2n) is 2.72. The fraction of sp³-hybridized carbons (Fsp3) is 0.111. The van der Waals surface area contributed by atoms with Gasteiger partial charge in [0.05, 0.1) is 6.61 Å². The second kappa shape index (κ2) is 2.53. The van der Waals surface area contributed by atoms with Crippen molar-refractivity contribution >= 4 is 10.9 Å². The lowest BCUT2D eigenvalue weighted by Gasteiger charge is -1.90. The molecule has 62 valence electrons. The van der Waals surface area contributed by atoms with Gasteiger partial charge in [-0.2, -0.15) is 0 Å². The van der Waals surface area contributed by atoms with Crippen LogP contribution in [0.3, 0.4) is 0 Å². The molecule has 0 saturated carbocycles.